The lowest BCUT2D eigenvalue weighted by Gasteiger charge is -2.39. The highest BCUT2D eigenvalue weighted by molar-refractivity contribution is 7.81. The van der Waals surface area contributed by atoms with Gasteiger partial charge in [-0.15, -0.1) is 0 Å². The van der Waals surface area contributed by atoms with E-state index in [0.717, 1.165) is 49.6 Å². The SMILES string of the molecule is CC1=CCC(=S)C(C(=O)NCCCN2CCN(C(c3ccccc3)c3ccccc3)CC2)=C1. The average molecular weight is 460 g/mol. The molecule has 4 rings (SSSR count). The molecule has 0 aromatic heterocycles. The second kappa shape index (κ2) is 11.5. The zero-order valence-electron chi connectivity index (χ0n) is 19.4. The van der Waals surface area contributed by atoms with E-state index in [4.69, 9.17) is 12.2 Å². The monoisotopic (exact) mass is 459 g/mol. The number of rotatable bonds is 8. The Hall–Kier alpha value is -2.60. The molecule has 172 valence electrons. The van der Waals surface area contributed by atoms with E-state index in [-0.39, 0.29) is 5.91 Å². The van der Waals surface area contributed by atoms with Crippen molar-refractivity contribution in [3.8, 4) is 0 Å². The Bertz CT molecular complexity index is 968. The number of nitrogens with zero attached hydrogens (tertiary/aromatic N) is 2. The quantitative estimate of drug-likeness (QED) is 0.464. The number of hydrogen-bond acceptors (Lipinski definition) is 4. The summed E-state index contributed by atoms with van der Waals surface area (Å²) in [6.07, 6.45) is 5.61. The molecule has 0 atom stereocenters. The van der Waals surface area contributed by atoms with Crippen molar-refractivity contribution in [2.45, 2.75) is 25.8 Å². The molecule has 0 spiro atoms. The molecule has 2 aromatic carbocycles. The number of thiocarbonyl (C=S) groups is 1. The third-order valence-electron chi connectivity index (χ3n) is 6.47. The Morgan fingerprint density at radius 1 is 0.970 bits per heavy atom. The molecule has 0 radical (unpaired) electrons. The lowest BCUT2D eigenvalue weighted by Crippen LogP contribution is -2.48. The van der Waals surface area contributed by atoms with Gasteiger partial charge in [-0.1, -0.05) is 84.5 Å². The van der Waals surface area contributed by atoms with Crippen molar-refractivity contribution < 1.29 is 4.79 Å². The fraction of sp³-hybridized carbons (Fsp3) is 0.357. The lowest BCUT2D eigenvalue weighted by molar-refractivity contribution is -0.117. The molecule has 1 fully saturated rings. The van der Waals surface area contributed by atoms with E-state index in [1.165, 1.54) is 11.1 Å². The molecule has 4 nitrogen and oxygen atoms in total. The number of carbonyl (C=O) groups excluding carboxylic acids is 1. The first-order valence-electron chi connectivity index (χ1n) is 11.9. The van der Waals surface area contributed by atoms with Crippen molar-refractivity contribution in [3.05, 3.63) is 95.1 Å². The van der Waals surface area contributed by atoms with Crippen LogP contribution in [-0.4, -0.2) is 59.8 Å². The van der Waals surface area contributed by atoms with Crippen LogP contribution in [0.4, 0.5) is 0 Å². The minimum atomic E-state index is -0.0363. The Kier molecular flexibility index (Phi) is 8.21. The maximum Gasteiger partial charge on any atom is 0.252 e. The average Bonchev–Trinajstić information content (AvgIpc) is 2.85. The first kappa shape index (κ1) is 23.6. The van der Waals surface area contributed by atoms with Crippen LogP contribution >= 0.6 is 12.2 Å². The number of benzene rings is 2. The van der Waals surface area contributed by atoms with E-state index < -0.39 is 0 Å². The first-order chi connectivity index (χ1) is 16.1. The zero-order chi connectivity index (χ0) is 23.0. The summed E-state index contributed by atoms with van der Waals surface area (Å²) >= 11 is 5.35. The number of allylic oxidation sites excluding steroid dienone is 3. The van der Waals surface area contributed by atoms with E-state index in [2.05, 4.69) is 81.9 Å². The minimum absolute atomic E-state index is 0.0363. The summed E-state index contributed by atoms with van der Waals surface area (Å²) in [5.41, 5.74) is 4.46. The van der Waals surface area contributed by atoms with Crippen molar-refractivity contribution >= 4 is 23.0 Å². The van der Waals surface area contributed by atoms with E-state index in [1.54, 1.807) is 0 Å². The van der Waals surface area contributed by atoms with Crippen LogP contribution in [-0.2, 0) is 4.79 Å². The molecule has 2 aliphatic rings. The van der Waals surface area contributed by atoms with E-state index in [0.29, 0.717) is 24.6 Å². The Balaban J connectivity index is 1.26. The molecule has 1 heterocycles. The van der Waals surface area contributed by atoms with Gasteiger partial charge < -0.3 is 10.2 Å². The van der Waals surface area contributed by atoms with Crippen LogP contribution in [0.5, 0.6) is 0 Å². The van der Waals surface area contributed by atoms with Crippen molar-refractivity contribution in [2.24, 2.45) is 0 Å². The molecule has 33 heavy (non-hydrogen) atoms. The summed E-state index contributed by atoms with van der Waals surface area (Å²) in [6, 6.07) is 21.9. The Morgan fingerprint density at radius 2 is 1.58 bits per heavy atom. The van der Waals surface area contributed by atoms with Gasteiger partial charge in [0.15, 0.2) is 0 Å². The van der Waals surface area contributed by atoms with Crippen molar-refractivity contribution in [1.29, 1.82) is 0 Å². The second-order valence-corrected chi connectivity index (χ2v) is 9.34. The van der Waals surface area contributed by atoms with Crippen LogP contribution in [0.15, 0.2) is 84.0 Å². The van der Waals surface area contributed by atoms with Gasteiger partial charge in [0.1, 0.15) is 0 Å². The predicted molar refractivity (Wildman–Crippen MR) is 139 cm³/mol. The highest BCUT2D eigenvalue weighted by Crippen LogP contribution is 2.29. The van der Waals surface area contributed by atoms with Crippen molar-refractivity contribution in [3.63, 3.8) is 0 Å². The summed E-state index contributed by atoms with van der Waals surface area (Å²) in [4.78, 5) is 18.3. The van der Waals surface area contributed by atoms with Gasteiger partial charge in [0.25, 0.3) is 5.91 Å². The maximum absolute atomic E-state index is 12.5. The van der Waals surface area contributed by atoms with Gasteiger partial charge >= 0.3 is 0 Å². The van der Waals surface area contributed by atoms with Crippen LogP contribution in [0.25, 0.3) is 0 Å². The van der Waals surface area contributed by atoms with Crippen LogP contribution in [0.1, 0.15) is 36.9 Å². The number of carbonyl (C=O) groups is 1. The van der Waals surface area contributed by atoms with Gasteiger partial charge in [-0.3, -0.25) is 9.69 Å². The zero-order valence-corrected chi connectivity index (χ0v) is 20.2. The third-order valence-corrected chi connectivity index (χ3v) is 6.85. The third kappa shape index (κ3) is 6.26. The smallest absolute Gasteiger partial charge is 0.252 e. The van der Waals surface area contributed by atoms with Crippen LogP contribution in [0, 0.1) is 0 Å². The number of piperazine rings is 1. The molecule has 1 saturated heterocycles. The molecule has 1 aliphatic heterocycles. The van der Waals surface area contributed by atoms with Gasteiger partial charge in [-0.2, -0.15) is 0 Å². The fourth-order valence-electron chi connectivity index (χ4n) is 4.65. The number of hydrogen-bond donors (Lipinski definition) is 1. The van der Waals surface area contributed by atoms with Gasteiger partial charge in [-0.05, 0) is 37.1 Å². The molecule has 1 N–H and O–H groups in total. The standard InChI is InChI=1S/C28H33N3OS/c1-22-13-14-26(33)25(21-22)28(32)29-15-8-16-30-17-19-31(20-18-30)27(23-9-4-2-5-10-23)24-11-6-3-7-12-24/h2-7,9-13,21,27H,8,14-20H2,1H3,(H,29,32). The van der Waals surface area contributed by atoms with Gasteiger partial charge in [0.2, 0.25) is 0 Å². The molecular formula is C28H33N3OS. The predicted octanol–water partition coefficient (Wildman–Crippen LogP) is 4.55. The second-order valence-electron chi connectivity index (χ2n) is 8.84. The van der Waals surface area contributed by atoms with Crippen molar-refractivity contribution in [2.75, 3.05) is 39.3 Å². The number of amides is 1. The molecule has 1 amide bonds. The topological polar surface area (TPSA) is 35.6 Å². The highest BCUT2D eigenvalue weighted by Gasteiger charge is 2.26. The molecule has 5 heteroatoms. The van der Waals surface area contributed by atoms with Crippen LogP contribution in [0.3, 0.4) is 0 Å². The largest absolute Gasteiger partial charge is 0.352 e. The van der Waals surface area contributed by atoms with Crippen molar-refractivity contribution in [1.82, 2.24) is 15.1 Å². The number of nitrogens with one attached hydrogen (secondary N) is 1. The maximum atomic E-state index is 12.5. The van der Waals surface area contributed by atoms with Crippen LogP contribution < -0.4 is 5.32 Å². The summed E-state index contributed by atoms with van der Waals surface area (Å²) in [5.74, 6) is -0.0363. The molecule has 0 bridgehead atoms. The Morgan fingerprint density at radius 3 is 2.18 bits per heavy atom. The van der Waals surface area contributed by atoms with E-state index >= 15 is 0 Å². The first-order valence-corrected chi connectivity index (χ1v) is 12.3. The summed E-state index contributed by atoms with van der Waals surface area (Å²) < 4.78 is 0. The van der Waals surface area contributed by atoms with Gasteiger partial charge in [0.05, 0.1) is 11.6 Å². The summed E-state index contributed by atoms with van der Waals surface area (Å²) in [5, 5.41) is 3.05. The van der Waals surface area contributed by atoms with E-state index in [1.807, 2.05) is 13.0 Å². The van der Waals surface area contributed by atoms with Gasteiger partial charge in [-0.25, -0.2) is 0 Å². The molecular weight excluding hydrogens is 426 g/mol. The minimum Gasteiger partial charge on any atom is -0.352 e. The fourth-order valence-corrected chi connectivity index (χ4v) is 4.89. The van der Waals surface area contributed by atoms with Gasteiger partial charge in [0, 0.05) is 44.0 Å². The van der Waals surface area contributed by atoms with E-state index in [9.17, 15) is 4.79 Å². The van der Waals surface area contributed by atoms with Crippen LogP contribution in [0.2, 0.25) is 0 Å². The molecule has 0 unspecified atom stereocenters. The molecule has 2 aromatic rings. The lowest BCUT2D eigenvalue weighted by atomic mass is 9.96. The summed E-state index contributed by atoms with van der Waals surface area (Å²) in [7, 11) is 0. The normalized spacial score (nSPS) is 17.6. The Labute approximate surface area is 203 Å². The highest BCUT2D eigenvalue weighted by atomic mass is 32.1. The summed E-state index contributed by atoms with van der Waals surface area (Å²) in [6.45, 7) is 7.85. The molecule has 1 aliphatic carbocycles. The molecule has 0 saturated carbocycles.